The fraction of sp³-hybridized carbons (Fsp3) is 0.207. The third-order valence-corrected chi connectivity index (χ3v) is 8.89. The summed E-state index contributed by atoms with van der Waals surface area (Å²) in [7, 11) is 0. The molecule has 4 heteroatoms. The highest BCUT2D eigenvalue weighted by molar-refractivity contribution is 8.16. The van der Waals surface area contributed by atoms with Crippen LogP contribution in [0.1, 0.15) is 45.8 Å². The standard InChI is InChI=1S/C29H25NOS2/c1-3-5-10-19-32-29-26-22-11-6-8-13-24(22)30(27(26)23-12-7-9-14-25(23)33-29)28(31)21-17-15-20(4-2)16-18-21/h1,6-9,11-18,29H,4-5,10,19H2,2H3. The first-order chi connectivity index (χ1) is 16.2. The number of benzene rings is 3. The number of rotatable bonds is 6. The highest BCUT2D eigenvalue weighted by atomic mass is 32.2. The van der Waals surface area contributed by atoms with E-state index in [-0.39, 0.29) is 10.5 Å². The van der Waals surface area contributed by atoms with Crippen LogP contribution < -0.4 is 0 Å². The molecule has 1 aliphatic heterocycles. The lowest BCUT2D eigenvalue weighted by Crippen LogP contribution is -2.15. The van der Waals surface area contributed by atoms with Crippen LogP contribution in [0.5, 0.6) is 0 Å². The van der Waals surface area contributed by atoms with Gasteiger partial charge < -0.3 is 0 Å². The Morgan fingerprint density at radius 2 is 1.82 bits per heavy atom. The van der Waals surface area contributed by atoms with Gasteiger partial charge in [0.15, 0.2) is 0 Å². The van der Waals surface area contributed by atoms with Crippen LogP contribution in [0.25, 0.3) is 22.2 Å². The van der Waals surface area contributed by atoms with Crippen molar-refractivity contribution < 1.29 is 4.79 Å². The van der Waals surface area contributed by atoms with E-state index in [1.165, 1.54) is 16.0 Å². The summed E-state index contributed by atoms with van der Waals surface area (Å²) in [6, 6.07) is 24.8. The van der Waals surface area contributed by atoms with Gasteiger partial charge in [0.1, 0.15) is 0 Å². The lowest BCUT2D eigenvalue weighted by molar-refractivity contribution is 0.0966. The summed E-state index contributed by atoms with van der Waals surface area (Å²) in [4.78, 5) is 15.2. The molecule has 0 bridgehead atoms. The van der Waals surface area contributed by atoms with Crippen LogP contribution in [0.2, 0.25) is 0 Å². The molecule has 0 N–H and O–H groups in total. The zero-order chi connectivity index (χ0) is 22.8. The monoisotopic (exact) mass is 467 g/mol. The van der Waals surface area contributed by atoms with Crippen LogP contribution >= 0.6 is 23.5 Å². The number of thioether (sulfide) groups is 2. The van der Waals surface area contributed by atoms with Gasteiger partial charge in [0.25, 0.3) is 5.91 Å². The van der Waals surface area contributed by atoms with E-state index in [1.807, 2.05) is 46.3 Å². The van der Waals surface area contributed by atoms with Crippen molar-refractivity contribution >= 4 is 40.3 Å². The molecule has 5 rings (SSSR count). The Balaban J connectivity index is 1.70. The lowest BCUT2D eigenvalue weighted by atomic mass is 10.1. The second kappa shape index (κ2) is 9.55. The molecule has 0 saturated heterocycles. The van der Waals surface area contributed by atoms with Gasteiger partial charge in [-0.2, -0.15) is 0 Å². The smallest absolute Gasteiger partial charge is 0.262 e. The van der Waals surface area contributed by atoms with Gasteiger partial charge in [0.05, 0.1) is 15.8 Å². The van der Waals surface area contributed by atoms with E-state index in [1.54, 1.807) is 0 Å². The van der Waals surface area contributed by atoms with Crippen LogP contribution in [0.15, 0.2) is 77.7 Å². The molecule has 1 unspecified atom stereocenters. The fourth-order valence-electron chi connectivity index (χ4n) is 4.41. The zero-order valence-electron chi connectivity index (χ0n) is 18.6. The van der Waals surface area contributed by atoms with Gasteiger partial charge in [0.2, 0.25) is 0 Å². The molecule has 2 heterocycles. The number of unbranched alkanes of at least 4 members (excludes halogenated alkanes) is 1. The summed E-state index contributed by atoms with van der Waals surface area (Å²) in [6.07, 6.45) is 8.21. The van der Waals surface area contributed by atoms with Crippen LogP contribution in [-0.2, 0) is 6.42 Å². The van der Waals surface area contributed by atoms with Gasteiger partial charge >= 0.3 is 0 Å². The molecule has 4 aromatic rings. The number of para-hydroxylation sites is 1. The van der Waals surface area contributed by atoms with Crippen molar-refractivity contribution in [2.75, 3.05) is 5.75 Å². The Morgan fingerprint density at radius 3 is 2.61 bits per heavy atom. The van der Waals surface area contributed by atoms with Crippen molar-refractivity contribution in [2.24, 2.45) is 0 Å². The normalized spacial score (nSPS) is 14.5. The van der Waals surface area contributed by atoms with E-state index in [2.05, 4.69) is 67.4 Å². The fourth-order valence-corrected chi connectivity index (χ4v) is 7.25. The molecule has 2 nitrogen and oxygen atoms in total. The van der Waals surface area contributed by atoms with Gasteiger partial charge in [-0.05, 0) is 48.4 Å². The number of aromatic nitrogens is 1. The van der Waals surface area contributed by atoms with Gasteiger partial charge in [0, 0.05) is 33.4 Å². The highest BCUT2D eigenvalue weighted by Gasteiger charge is 2.33. The molecule has 0 radical (unpaired) electrons. The molecule has 1 aromatic heterocycles. The minimum atomic E-state index is 0.0212. The summed E-state index contributed by atoms with van der Waals surface area (Å²) < 4.78 is 2.16. The summed E-state index contributed by atoms with van der Waals surface area (Å²) >= 11 is 3.81. The first-order valence-electron chi connectivity index (χ1n) is 11.3. The Kier molecular flexibility index (Phi) is 6.35. The number of carbonyl (C=O) groups excluding carboxylic acids is 1. The average Bonchev–Trinajstić information content (AvgIpc) is 3.22. The third-order valence-electron chi connectivity index (χ3n) is 6.07. The largest absolute Gasteiger partial charge is 0.275 e. The van der Waals surface area contributed by atoms with E-state index in [9.17, 15) is 4.79 Å². The topological polar surface area (TPSA) is 22.0 Å². The van der Waals surface area contributed by atoms with Crippen molar-refractivity contribution in [3.8, 4) is 23.6 Å². The molecule has 0 spiro atoms. The molecular formula is C29H25NOS2. The minimum Gasteiger partial charge on any atom is -0.275 e. The Morgan fingerprint density at radius 1 is 1.06 bits per heavy atom. The first-order valence-corrected chi connectivity index (χ1v) is 13.2. The van der Waals surface area contributed by atoms with Gasteiger partial charge in [-0.3, -0.25) is 9.36 Å². The highest BCUT2D eigenvalue weighted by Crippen LogP contribution is 2.56. The predicted molar refractivity (Wildman–Crippen MR) is 142 cm³/mol. The van der Waals surface area contributed by atoms with Gasteiger partial charge in [-0.15, -0.1) is 35.9 Å². The van der Waals surface area contributed by atoms with Crippen molar-refractivity contribution in [1.82, 2.24) is 4.57 Å². The summed E-state index contributed by atoms with van der Waals surface area (Å²) in [5.41, 5.74) is 6.33. The Labute approximate surface area is 203 Å². The minimum absolute atomic E-state index is 0.0212. The lowest BCUT2D eigenvalue weighted by Gasteiger charge is -2.26. The van der Waals surface area contributed by atoms with Gasteiger partial charge in [-0.1, -0.05) is 55.5 Å². The van der Waals surface area contributed by atoms with E-state index in [0.29, 0.717) is 5.56 Å². The van der Waals surface area contributed by atoms with Crippen LogP contribution in [-0.4, -0.2) is 16.2 Å². The summed E-state index contributed by atoms with van der Waals surface area (Å²) in [6.45, 7) is 2.13. The van der Waals surface area contributed by atoms with Crippen LogP contribution in [0, 0.1) is 12.3 Å². The number of terminal acetylenes is 1. The number of hydrogen-bond acceptors (Lipinski definition) is 3. The van der Waals surface area contributed by atoms with E-state index < -0.39 is 0 Å². The number of aryl methyl sites for hydroxylation is 1. The molecule has 3 aromatic carbocycles. The molecule has 1 aliphatic rings. The molecule has 0 aliphatic carbocycles. The molecule has 1 atom stereocenters. The van der Waals surface area contributed by atoms with Crippen LogP contribution in [0.3, 0.4) is 0 Å². The molecule has 0 fully saturated rings. The van der Waals surface area contributed by atoms with Crippen molar-refractivity contribution in [3.63, 3.8) is 0 Å². The molecule has 164 valence electrons. The maximum Gasteiger partial charge on any atom is 0.262 e. The Hall–Kier alpha value is -2.87. The second-order valence-corrected chi connectivity index (χ2v) is 10.8. The van der Waals surface area contributed by atoms with E-state index >= 15 is 0 Å². The number of nitrogens with zero attached hydrogens (tertiary/aromatic N) is 1. The zero-order valence-corrected chi connectivity index (χ0v) is 20.2. The summed E-state index contributed by atoms with van der Waals surface area (Å²) in [5.74, 6) is 3.76. The average molecular weight is 468 g/mol. The Bertz CT molecular complexity index is 1360. The van der Waals surface area contributed by atoms with Crippen molar-refractivity contribution in [3.05, 3.63) is 89.5 Å². The van der Waals surface area contributed by atoms with Crippen LogP contribution in [0.4, 0.5) is 0 Å². The number of carbonyl (C=O) groups is 1. The van der Waals surface area contributed by atoms with E-state index in [0.717, 1.165) is 47.2 Å². The summed E-state index contributed by atoms with van der Waals surface area (Å²) in [5, 5.41) is 1.16. The quantitative estimate of drug-likeness (QED) is 0.213. The van der Waals surface area contributed by atoms with Crippen molar-refractivity contribution in [2.45, 2.75) is 35.7 Å². The first kappa shape index (κ1) is 21.9. The maximum atomic E-state index is 13.9. The molecule has 33 heavy (non-hydrogen) atoms. The number of hydrogen-bond donors (Lipinski definition) is 0. The third kappa shape index (κ3) is 4.01. The number of fused-ring (bicyclic) bond motifs is 5. The van der Waals surface area contributed by atoms with E-state index in [4.69, 9.17) is 6.42 Å². The van der Waals surface area contributed by atoms with Crippen molar-refractivity contribution in [1.29, 1.82) is 0 Å². The molecule has 0 amide bonds. The maximum absolute atomic E-state index is 13.9. The SMILES string of the molecule is C#CCCCSC1Sc2ccccc2-c2c1c1ccccc1n2C(=O)c1ccc(CC)cc1. The molecule has 0 saturated carbocycles. The molecular weight excluding hydrogens is 442 g/mol. The van der Waals surface area contributed by atoms with Gasteiger partial charge in [-0.25, -0.2) is 0 Å². The predicted octanol–water partition coefficient (Wildman–Crippen LogP) is 7.81. The second-order valence-electron chi connectivity index (χ2n) is 8.09.